The fourth-order valence-corrected chi connectivity index (χ4v) is 2.55. The molecule has 0 bridgehead atoms. The average molecular weight is 340 g/mol. The van der Waals surface area contributed by atoms with Gasteiger partial charge in [0.15, 0.2) is 0 Å². The van der Waals surface area contributed by atoms with E-state index in [9.17, 15) is 0 Å². The highest BCUT2D eigenvalue weighted by molar-refractivity contribution is 9.10. The van der Waals surface area contributed by atoms with Crippen molar-refractivity contribution in [2.75, 3.05) is 12.8 Å². The number of ether oxygens (including phenoxy) is 1. The van der Waals surface area contributed by atoms with E-state index < -0.39 is 5.60 Å². The van der Waals surface area contributed by atoms with Crippen molar-refractivity contribution in [3.63, 3.8) is 0 Å². The molecule has 1 aromatic carbocycles. The van der Waals surface area contributed by atoms with Gasteiger partial charge in [0.1, 0.15) is 5.60 Å². The van der Waals surface area contributed by atoms with E-state index in [2.05, 4.69) is 26.1 Å². The summed E-state index contributed by atoms with van der Waals surface area (Å²) in [4.78, 5) is 4.46. The Hall–Kier alpha value is -1.40. The minimum absolute atomic E-state index is 0.405. The molecule has 0 unspecified atom stereocenters. The van der Waals surface area contributed by atoms with Crippen LogP contribution in [0.3, 0.4) is 0 Å². The highest BCUT2D eigenvalue weighted by Crippen LogP contribution is 2.34. The van der Waals surface area contributed by atoms with E-state index in [0.717, 1.165) is 22.9 Å². The molecular weight excluding hydrogens is 322 g/mol. The first-order valence-electron chi connectivity index (χ1n) is 6.51. The van der Waals surface area contributed by atoms with Gasteiger partial charge in [0.05, 0.1) is 11.3 Å². The van der Waals surface area contributed by atoms with E-state index in [0.29, 0.717) is 17.4 Å². The number of hydrogen-bond acceptors (Lipinski definition) is 5. The van der Waals surface area contributed by atoms with Crippen LogP contribution in [0, 0.1) is 0 Å². The van der Waals surface area contributed by atoms with Crippen molar-refractivity contribution in [3.8, 4) is 11.5 Å². The predicted octanol–water partition coefficient (Wildman–Crippen LogP) is 3.74. The number of para-hydroxylation sites is 1. The first-order valence-corrected chi connectivity index (χ1v) is 7.31. The number of rotatable bonds is 5. The molecule has 5 nitrogen and oxygen atoms in total. The Balaban J connectivity index is 2.45. The molecule has 0 fully saturated rings. The zero-order chi connectivity index (χ0) is 14.8. The van der Waals surface area contributed by atoms with Crippen molar-refractivity contribution < 1.29 is 9.26 Å². The summed E-state index contributed by atoms with van der Waals surface area (Å²) in [5.41, 5.74) is 6.81. The second kappa shape index (κ2) is 5.93. The fraction of sp³-hybridized carbons (Fsp3) is 0.429. The first kappa shape index (κ1) is 15.0. The van der Waals surface area contributed by atoms with Crippen LogP contribution in [0.4, 0.5) is 5.69 Å². The standard InChI is InChI=1S/C14H18BrN3O2/c1-4-14(5-2,19-3)13-17-12(20-18-13)9-7-6-8-10(15)11(9)16/h6-8H,4-5,16H2,1-3H3. The molecule has 0 saturated carbocycles. The molecule has 1 heterocycles. The number of nitrogens with two attached hydrogens (primary N) is 1. The van der Waals surface area contributed by atoms with E-state index in [1.807, 2.05) is 32.0 Å². The van der Waals surface area contributed by atoms with Crippen molar-refractivity contribution in [2.45, 2.75) is 32.3 Å². The molecule has 6 heteroatoms. The molecule has 108 valence electrons. The lowest BCUT2D eigenvalue weighted by Gasteiger charge is -2.25. The Morgan fingerprint density at radius 1 is 1.35 bits per heavy atom. The van der Waals surface area contributed by atoms with Gasteiger partial charge >= 0.3 is 0 Å². The molecule has 2 N–H and O–H groups in total. The van der Waals surface area contributed by atoms with Gasteiger partial charge in [-0.3, -0.25) is 0 Å². The Morgan fingerprint density at radius 3 is 2.65 bits per heavy atom. The maximum Gasteiger partial charge on any atom is 0.260 e. The highest BCUT2D eigenvalue weighted by Gasteiger charge is 2.34. The van der Waals surface area contributed by atoms with Crippen LogP contribution in [0.1, 0.15) is 32.5 Å². The van der Waals surface area contributed by atoms with Crippen LogP contribution in [0.25, 0.3) is 11.5 Å². The monoisotopic (exact) mass is 339 g/mol. The van der Waals surface area contributed by atoms with Crippen LogP contribution in [0.5, 0.6) is 0 Å². The zero-order valence-electron chi connectivity index (χ0n) is 11.8. The van der Waals surface area contributed by atoms with Crippen molar-refractivity contribution >= 4 is 21.6 Å². The summed E-state index contributed by atoms with van der Waals surface area (Å²) in [5, 5.41) is 4.07. The molecule has 0 atom stereocenters. The molecule has 1 aromatic heterocycles. The highest BCUT2D eigenvalue weighted by atomic mass is 79.9. The third-order valence-corrected chi connectivity index (χ3v) is 4.34. The topological polar surface area (TPSA) is 74.2 Å². The van der Waals surface area contributed by atoms with Crippen molar-refractivity contribution in [1.82, 2.24) is 10.1 Å². The minimum atomic E-state index is -0.511. The quantitative estimate of drug-likeness (QED) is 0.839. The van der Waals surface area contributed by atoms with E-state index in [1.54, 1.807) is 7.11 Å². The van der Waals surface area contributed by atoms with E-state index in [4.69, 9.17) is 15.0 Å². The Morgan fingerprint density at radius 2 is 2.05 bits per heavy atom. The van der Waals surface area contributed by atoms with Crippen LogP contribution >= 0.6 is 15.9 Å². The Kier molecular flexibility index (Phi) is 4.45. The van der Waals surface area contributed by atoms with Crippen molar-refractivity contribution in [1.29, 1.82) is 0 Å². The minimum Gasteiger partial charge on any atom is -0.397 e. The molecule has 0 aliphatic carbocycles. The second-order valence-corrected chi connectivity index (χ2v) is 5.38. The van der Waals surface area contributed by atoms with Crippen LogP contribution in [0.2, 0.25) is 0 Å². The summed E-state index contributed by atoms with van der Waals surface area (Å²) in [6, 6.07) is 5.60. The van der Waals surface area contributed by atoms with Gasteiger partial charge in [-0.2, -0.15) is 4.98 Å². The number of nitrogens with zero attached hydrogens (tertiary/aromatic N) is 2. The number of methoxy groups -OCH3 is 1. The van der Waals surface area contributed by atoms with Crippen molar-refractivity contribution in [3.05, 3.63) is 28.5 Å². The second-order valence-electron chi connectivity index (χ2n) is 4.53. The van der Waals surface area contributed by atoms with Crippen LogP contribution in [-0.4, -0.2) is 17.3 Å². The lowest BCUT2D eigenvalue weighted by molar-refractivity contribution is -0.0306. The number of benzene rings is 1. The molecule has 0 spiro atoms. The van der Waals surface area contributed by atoms with E-state index >= 15 is 0 Å². The van der Waals surface area contributed by atoms with Gasteiger partial charge in [-0.1, -0.05) is 25.1 Å². The maximum atomic E-state index is 6.02. The van der Waals surface area contributed by atoms with Gasteiger partial charge in [0, 0.05) is 11.6 Å². The predicted molar refractivity (Wildman–Crippen MR) is 81.1 cm³/mol. The molecular formula is C14H18BrN3O2. The third-order valence-electron chi connectivity index (χ3n) is 3.65. The lowest BCUT2D eigenvalue weighted by Crippen LogP contribution is -2.28. The van der Waals surface area contributed by atoms with Gasteiger partial charge in [-0.05, 0) is 40.9 Å². The summed E-state index contributed by atoms with van der Waals surface area (Å²) in [6.07, 6.45) is 1.54. The van der Waals surface area contributed by atoms with Crippen LogP contribution in [-0.2, 0) is 10.3 Å². The molecule has 20 heavy (non-hydrogen) atoms. The van der Waals surface area contributed by atoms with Crippen molar-refractivity contribution in [2.24, 2.45) is 0 Å². The molecule has 2 rings (SSSR count). The van der Waals surface area contributed by atoms with Crippen LogP contribution < -0.4 is 5.73 Å². The lowest BCUT2D eigenvalue weighted by atomic mass is 9.96. The van der Waals surface area contributed by atoms with E-state index in [1.165, 1.54) is 0 Å². The van der Waals surface area contributed by atoms with Gasteiger partial charge < -0.3 is 15.0 Å². The number of halogens is 1. The SMILES string of the molecule is CCC(CC)(OC)c1noc(-c2cccc(Br)c2N)n1. The average Bonchev–Trinajstić information content (AvgIpc) is 2.95. The van der Waals surface area contributed by atoms with Gasteiger partial charge in [0.2, 0.25) is 5.82 Å². The smallest absolute Gasteiger partial charge is 0.260 e. The van der Waals surface area contributed by atoms with Crippen LogP contribution in [0.15, 0.2) is 27.2 Å². The Labute approximate surface area is 126 Å². The largest absolute Gasteiger partial charge is 0.397 e. The van der Waals surface area contributed by atoms with Gasteiger partial charge in [-0.25, -0.2) is 0 Å². The third kappa shape index (κ3) is 2.45. The molecule has 0 saturated heterocycles. The maximum absolute atomic E-state index is 6.02. The fourth-order valence-electron chi connectivity index (χ4n) is 2.19. The molecule has 0 aliphatic heterocycles. The number of nitrogen functional groups attached to an aromatic ring is 1. The Bertz CT molecular complexity index is 586. The number of aromatic nitrogens is 2. The number of hydrogen-bond donors (Lipinski definition) is 1. The summed E-state index contributed by atoms with van der Waals surface area (Å²) in [7, 11) is 1.66. The molecule has 2 aromatic rings. The summed E-state index contributed by atoms with van der Waals surface area (Å²) < 4.78 is 11.8. The van der Waals surface area contributed by atoms with E-state index in [-0.39, 0.29) is 0 Å². The summed E-state index contributed by atoms with van der Waals surface area (Å²) in [5.74, 6) is 0.960. The summed E-state index contributed by atoms with van der Waals surface area (Å²) >= 11 is 3.39. The first-order chi connectivity index (χ1) is 9.57. The van der Waals surface area contributed by atoms with Gasteiger partial charge in [-0.15, -0.1) is 0 Å². The molecule has 0 radical (unpaired) electrons. The number of anilines is 1. The zero-order valence-corrected chi connectivity index (χ0v) is 13.4. The molecule has 0 amide bonds. The normalized spacial score (nSPS) is 11.8. The summed E-state index contributed by atoms with van der Waals surface area (Å²) in [6.45, 7) is 4.08. The molecule has 0 aliphatic rings. The van der Waals surface area contributed by atoms with Gasteiger partial charge in [0.25, 0.3) is 5.89 Å².